The Morgan fingerprint density at radius 3 is 2.46 bits per heavy atom. The van der Waals surface area contributed by atoms with E-state index in [1.165, 1.54) is 6.08 Å². The smallest absolute Gasteiger partial charge is 0.109 e. The SMILES string of the molecule is C=C(O)/C=C(\C#N)c1ccccc1. The molecule has 2 nitrogen and oxygen atoms in total. The van der Waals surface area contributed by atoms with Gasteiger partial charge in [0.1, 0.15) is 5.76 Å². The highest BCUT2D eigenvalue weighted by Gasteiger charge is 1.98. The van der Waals surface area contributed by atoms with Crippen molar-refractivity contribution in [2.45, 2.75) is 0 Å². The van der Waals surface area contributed by atoms with Crippen molar-refractivity contribution in [3.8, 4) is 6.07 Å². The summed E-state index contributed by atoms with van der Waals surface area (Å²) < 4.78 is 0. The molecule has 0 fully saturated rings. The maximum atomic E-state index is 8.89. The molecular weight excluding hydrogens is 162 g/mol. The quantitative estimate of drug-likeness (QED) is 0.422. The zero-order chi connectivity index (χ0) is 9.68. The van der Waals surface area contributed by atoms with Crippen LogP contribution in [0.15, 0.2) is 48.7 Å². The fourth-order valence-corrected chi connectivity index (χ4v) is 0.964. The first-order valence-electron chi connectivity index (χ1n) is 3.79. The van der Waals surface area contributed by atoms with Crippen molar-refractivity contribution in [3.63, 3.8) is 0 Å². The molecule has 0 aliphatic heterocycles. The number of aliphatic hydroxyl groups is 1. The Hall–Kier alpha value is -2.01. The van der Waals surface area contributed by atoms with Crippen molar-refractivity contribution < 1.29 is 5.11 Å². The fourth-order valence-electron chi connectivity index (χ4n) is 0.964. The maximum absolute atomic E-state index is 8.89. The molecule has 0 bridgehead atoms. The lowest BCUT2D eigenvalue weighted by Crippen LogP contribution is -1.81. The van der Waals surface area contributed by atoms with Crippen LogP contribution in [-0.2, 0) is 0 Å². The second kappa shape index (κ2) is 4.13. The molecule has 1 aromatic rings. The van der Waals surface area contributed by atoms with E-state index >= 15 is 0 Å². The molecule has 0 spiro atoms. The summed E-state index contributed by atoms with van der Waals surface area (Å²) in [5.74, 6) is -0.111. The Morgan fingerprint density at radius 1 is 1.38 bits per heavy atom. The van der Waals surface area contributed by atoms with Crippen molar-refractivity contribution in [3.05, 3.63) is 54.3 Å². The van der Waals surface area contributed by atoms with Gasteiger partial charge in [-0.1, -0.05) is 36.9 Å². The summed E-state index contributed by atoms with van der Waals surface area (Å²) in [4.78, 5) is 0. The third-order valence-electron chi connectivity index (χ3n) is 1.52. The summed E-state index contributed by atoms with van der Waals surface area (Å²) in [7, 11) is 0. The van der Waals surface area contributed by atoms with Crippen molar-refractivity contribution in [2.24, 2.45) is 0 Å². The van der Waals surface area contributed by atoms with Crippen molar-refractivity contribution in [1.82, 2.24) is 0 Å². The van der Waals surface area contributed by atoms with Gasteiger partial charge in [0.2, 0.25) is 0 Å². The molecule has 0 aliphatic rings. The van der Waals surface area contributed by atoms with Crippen LogP contribution in [0.5, 0.6) is 0 Å². The minimum atomic E-state index is -0.111. The van der Waals surface area contributed by atoms with Gasteiger partial charge in [-0.25, -0.2) is 0 Å². The van der Waals surface area contributed by atoms with Crippen LogP contribution in [0.1, 0.15) is 5.56 Å². The van der Waals surface area contributed by atoms with E-state index in [1.807, 2.05) is 24.3 Å². The molecule has 0 atom stereocenters. The zero-order valence-corrected chi connectivity index (χ0v) is 7.07. The lowest BCUT2D eigenvalue weighted by Gasteiger charge is -1.96. The van der Waals surface area contributed by atoms with Gasteiger partial charge in [-0.3, -0.25) is 0 Å². The van der Waals surface area contributed by atoms with E-state index in [4.69, 9.17) is 10.4 Å². The Kier molecular flexibility index (Phi) is 2.88. The minimum Gasteiger partial charge on any atom is -0.509 e. The van der Waals surface area contributed by atoms with E-state index in [2.05, 4.69) is 6.58 Å². The van der Waals surface area contributed by atoms with E-state index in [0.717, 1.165) is 5.56 Å². The molecule has 0 aromatic heterocycles. The minimum absolute atomic E-state index is 0.111. The van der Waals surface area contributed by atoms with Gasteiger partial charge in [0, 0.05) is 0 Å². The van der Waals surface area contributed by atoms with E-state index in [9.17, 15) is 0 Å². The first-order chi connectivity index (χ1) is 6.24. The highest BCUT2D eigenvalue weighted by Crippen LogP contribution is 2.13. The lowest BCUT2D eigenvalue weighted by atomic mass is 10.1. The van der Waals surface area contributed by atoms with E-state index in [0.29, 0.717) is 5.57 Å². The van der Waals surface area contributed by atoms with Crippen molar-refractivity contribution in [2.75, 3.05) is 0 Å². The molecule has 1 rings (SSSR count). The first-order valence-corrected chi connectivity index (χ1v) is 3.79. The van der Waals surface area contributed by atoms with Gasteiger partial charge in [-0.2, -0.15) is 5.26 Å². The van der Waals surface area contributed by atoms with Gasteiger partial charge in [-0.15, -0.1) is 0 Å². The number of benzene rings is 1. The molecule has 13 heavy (non-hydrogen) atoms. The molecule has 2 heteroatoms. The van der Waals surface area contributed by atoms with Gasteiger partial charge in [0.05, 0.1) is 11.6 Å². The molecule has 0 aliphatic carbocycles. The summed E-state index contributed by atoms with van der Waals surface area (Å²) in [6.07, 6.45) is 1.34. The number of nitrogens with zero attached hydrogens (tertiary/aromatic N) is 1. The van der Waals surface area contributed by atoms with Crippen LogP contribution in [0.3, 0.4) is 0 Å². The molecule has 1 aromatic carbocycles. The number of nitriles is 1. The topological polar surface area (TPSA) is 44.0 Å². The van der Waals surface area contributed by atoms with E-state index in [1.54, 1.807) is 12.1 Å². The van der Waals surface area contributed by atoms with Gasteiger partial charge in [-0.05, 0) is 11.6 Å². The van der Waals surface area contributed by atoms with Gasteiger partial charge in [0.25, 0.3) is 0 Å². The maximum Gasteiger partial charge on any atom is 0.109 e. The fraction of sp³-hybridized carbons (Fsp3) is 0. The lowest BCUT2D eigenvalue weighted by molar-refractivity contribution is 0.436. The zero-order valence-electron chi connectivity index (χ0n) is 7.07. The number of rotatable bonds is 2. The molecule has 64 valence electrons. The summed E-state index contributed by atoms with van der Waals surface area (Å²) in [5, 5.41) is 17.7. The van der Waals surface area contributed by atoms with Crippen LogP contribution in [0.4, 0.5) is 0 Å². The Morgan fingerprint density at radius 2 is 2.00 bits per heavy atom. The largest absolute Gasteiger partial charge is 0.509 e. The van der Waals surface area contributed by atoms with Crippen molar-refractivity contribution >= 4 is 5.57 Å². The molecule has 1 N–H and O–H groups in total. The summed E-state index contributed by atoms with van der Waals surface area (Å²) in [6, 6.07) is 11.1. The Bertz CT molecular complexity index is 371. The average molecular weight is 171 g/mol. The van der Waals surface area contributed by atoms with Crippen LogP contribution < -0.4 is 0 Å². The summed E-state index contributed by atoms with van der Waals surface area (Å²) in [6.45, 7) is 3.30. The second-order valence-corrected chi connectivity index (χ2v) is 2.53. The van der Waals surface area contributed by atoms with E-state index in [-0.39, 0.29) is 5.76 Å². The normalized spacial score (nSPS) is 10.5. The first kappa shape index (κ1) is 9.08. The third kappa shape index (κ3) is 2.49. The molecular formula is C11H9NO. The second-order valence-electron chi connectivity index (χ2n) is 2.53. The predicted octanol–water partition coefficient (Wildman–Crippen LogP) is 2.67. The standard InChI is InChI=1S/C11H9NO/c1-9(13)7-11(8-12)10-5-3-2-4-6-10/h2-7,13H,1H2/b11-7+. The van der Waals surface area contributed by atoms with Gasteiger partial charge in [0.15, 0.2) is 0 Å². The Balaban J connectivity index is 3.07. The van der Waals surface area contributed by atoms with Crippen LogP contribution >= 0.6 is 0 Å². The number of hydrogen-bond acceptors (Lipinski definition) is 2. The van der Waals surface area contributed by atoms with Gasteiger partial charge < -0.3 is 5.11 Å². The number of allylic oxidation sites excluding steroid dienone is 2. The summed E-state index contributed by atoms with van der Waals surface area (Å²) in [5.41, 5.74) is 1.19. The van der Waals surface area contributed by atoms with Crippen LogP contribution in [0.2, 0.25) is 0 Å². The van der Waals surface area contributed by atoms with Crippen LogP contribution in [0.25, 0.3) is 5.57 Å². The predicted molar refractivity (Wildman–Crippen MR) is 51.8 cm³/mol. The van der Waals surface area contributed by atoms with Gasteiger partial charge >= 0.3 is 0 Å². The monoisotopic (exact) mass is 171 g/mol. The number of aliphatic hydroxyl groups excluding tert-OH is 1. The van der Waals surface area contributed by atoms with E-state index < -0.39 is 0 Å². The summed E-state index contributed by atoms with van der Waals surface area (Å²) >= 11 is 0. The molecule has 0 unspecified atom stereocenters. The molecule has 0 saturated carbocycles. The molecule has 0 saturated heterocycles. The van der Waals surface area contributed by atoms with Crippen LogP contribution in [0, 0.1) is 11.3 Å². The Labute approximate surface area is 77.1 Å². The average Bonchev–Trinajstić information content (AvgIpc) is 2.15. The third-order valence-corrected chi connectivity index (χ3v) is 1.52. The highest BCUT2D eigenvalue weighted by atomic mass is 16.3. The highest BCUT2D eigenvalue weighted by molar-refractivity contribution is 5.77. The molecule has 0 amide bonds. The van der Waals surface area contributed by atoms with Crippen LogP contribution in [-0.4, -0.2) is 5.11 Å². The molecule has 0 radical (unpaired) electrons. The molecule has 0 heterocycles. The number of hydrogen-bond donors (Lipinski definition) is 1. The van der Waals surface area contributed by atoms with Crippen molar-refractivity contribution in [1.29, 1.82) is 5.26 Å².